The summed E-state index contributed by atoms with van der Waals surface area (Å²) < 4.78 is 58.0. The molecule has 0 bridgehead atoms. The maximum atomic E-state index is 8.81. The van der Waals surface area contributed by atoms with Crippen LogP contribution in [0.1, 0.15) is 103 Å². The zero-order valence-corrected chi connectivity index (χ0v) is 44.0. The van der Waals surface area contributed by atoms with Crippen LogP contribution in [0.15, 0.2) is 188 Å². The number of rotatable bonds is 6. The van der Waals surface area contributed by atoms with Gasteiger partial charge in [0.05, 0.1) is 6.85 Å². The molecule has 0 saturated heterocycles. The molecule has 364 valence electrons. The summed E-state index contributed by atoms with van der Waals surface area (Å²) >= 11 is 2.62. The van der Waals surface area contributed by atoms with Crippen molar-refractivity contribution < 1.29 is 30.9 Å². The van der Waals surface area contributed by atoms with Crippen molar-refractivity contribution >= 4 is 32.8 Å². The van der Waals surface area contributed by atoms with E-state index in [0.717, 1.165) is 99.6 Å². The molecule has 2 unspecified atom stereocenters. The third-order valence-electron chi connectivity index (χ3n) is 17.4. The zero-order chi connectivity index (χ0) is 53.9. The second kappa shape index (κ2) is 16.3. The number of hydrogen-bond acceptors (Lipinski definition) is 2. The monoisotopic (exact) mass is 1140 g/mol. The molecule has 0 saturated carbocycles. The summed E-state index contributed by atoms with van der Waals surface area (Å²) in [5.74, 6) is 2.08. The van der Waals surface area contributed by atoms with Crippen molar-refractivity contribution in [3.8, 4) is 39.8 Å². The molecule has 6 heteroatoms. The molecule has 2 atom stereocenters. The normalized spacial score (nSPS) is 19.4. The predicted octanol–water partition coefficient (Wildman–Crippen LogP) is 16.1. The Kier molecular flexibility index (Phi) is 8.65. The number of ether oxygens (including phenoxy) is 1. The smallest absolute Gasteiger partial charge is 0.0617 e. The molecular weight excluding hydrogens is 1080 g/mol. The van der Waals surface area contributed by atoms with Crippen molar-refractivity contribution in [3.05, 3.63) is 242 Å². The first-order valence-electron chi connectivity index (χ1n) is 28.7. The van der Waals surface area contributed by atoms with Crippen LogP contribution in [0.5, 0.6) is 11.5 Å². The van der Waals surface area contributed by atoms with Gasteiger partial charge in [-0.3, -0.25) is 0 Å². The average Bonchev–Trinajstić information content (AvgIpc) is 2.43. The summed E-state index contributed by atoms with van der Waals surface area (Å²) in [4.78, 5) is 4.94. The Morgan fingerprint density at radius 3 is 1.85 bits per heavy atom. The van der Waals surface area contributed by atoms with E-state index < -0.39 is 6.04 Å². The maximum absolute atomic E-state index is 8.81. The Balaban J connectivity index is 0.891. The van der Waals surface area contributed by atoms with Crippen molar-refractivity contribution in [2.24, 2.45) is 0 Å². The van der Waals surface area contributed by atoms with E-state index in [1.54, 1.807) is 11.1 Å². The molecule has 3 heterocycles. The minimum atomic E-state index is -0.412. The van der Waals surface area contributed by atoms with Gasteiger partial charge in [0, 0.05) is 6.20 Å². The third-order valence-corrected chi connectivity index (χ3v) is 18.4. The molecule has 74 heavy (non-hydrogen) atoms. The number of pyridine rings is 1. The van der Waals surface area contributed by atoms with Gasteiger partial charge in [0.15, 0.2) is 0 Å². The molecule has 2 spiro atoms. The number of benzene rings is 8. The van der Waals surface area contributed by atoms with Gasteiger partial charge in [0.25, 0.3) is 0 Å². The third kappa shape index (κ3) is 6.45. The van der Waals surface area contributed by atoms with Gasteiger partial charge < -0.3 is 0 Å². The van der Waals surface area contributed by atoms with E-state index in [1.165, 1.54) is 44.6 Å². The second-order valence-electron chi connectivity index (χ2n) is 22.2. The Bertz CT molecular complexity index is 4410. The van der Waals surface area contributed by atoms with Gasteiger partial charge in [-0.25, -0.2) is 0 Å². The fraction of sp³-hybridized carbons (Fsp3) is 0.206. The minimum absolute atomic E-state index is 0.0591. The number of nitrogens with zero attached hydrogens (tertiary/aromatic N) is 4. The van der Waals surface area contributed by atoms with E-state index in [2.05, 4.69) is 175 Å². The van der Waals surface area contributed by atoms with E-state index in [9.17, 15) is 0 Å². The average molecular weight is 1150 g/mol. The van der Waals surface area contributed by atoms with E-state index >= 15 is 0 Å². The number of aromatic nitrogens is 4. The molecule has 11 aromatic rings. The van der Waals surface area contributed by atoms with E-state index in [4.69, 9.17) is 16.6 Å². The van der Waals surface area contributed by atoms with Gasteiger partial charge in [-0.1, -0.05) is 57.0 Å². The molecule has 0 radical (unpaired) electrons. The molecule has 0 fully saturated rings. The number of aryl methyl sites for hydroxylation is 4. The van der Waals surface area contributed by atoms with Crippen LogP contribution in [-0.2, 0) is 61.3 Å². The van der Waals surface area contributed by atoms with Gasteiger partial charge in [0.2, 0.25) is 0 Å². The fourth-order valence-electron chi connectivity index (χ4n) is 14.1. The van der Waals surface area contributed by atoms with Gasteiger partial charge >= 0.3 is 354 Å². The van der Waals surface area contributed by atoms with Crippen molar-refractivity contribution in [2.75, 3.05) is 0 Å². The van der Waals surface area contributed by atoms with Crippen LogP contribution in [0.3, 0.4) is 0 Å². The van der Waals surface area contributed by atoms with Crippen molar-refractivity contribution in [1.82, 2.24) is 18.7 Å². The van der Waals surface area contributed by atoms with Crippen LogP contribution in [0.2, 0.25) is 0 Å². The van der Waals surface area contributed by atoms with Crippen molar-refractivity contribution in [1.29, 1.82) is 0 Å². The van der Waals surface area contributed by atoms with Crippen LogP contribution >= 0.6 is 0 Å². The molecule has 5 nitrogen and oxygen atoms in total. The van der Waals surface area contributed by atoms with Gasteiger partial charge in [-0.2, -0.15) is 0 Å². The van der Waals surface area contributed by atoms with E-state index in [1.807, 2.05) is 36.5 Å². The first-order chi connectivity index (χ1) is 38.2. The standard InChI is InChI=1S/C68H56N4O.Pt/c1-66(2,3)50-32-37-69-62(40-50)72-58-27-24-47(44-14-5-4-6-15-44)39-55(58)54-26-25-53(42-61(54)72)73-52-19-13-18-51(41-52)70-43-71(60-23-12-11-22-59(60)70)65-63-48(30-35-67(63)33-28-45-16-7-9-20-56(45)67)38-49-31-36-68(64(49)65)34-29-46-17-8-10-21-57(46)68;/h4-27,32,37-42H,28-31,33-36H2,1-3H3;/i4D,5D,6D,14D,15D;. The topological polar surface area (TPSA) is 36.9 Å². The van der Waals surface area contributed by atoms with Crippen molar-refractivity contribution in [2.45, 2.75) is 88.4 Å². The minimum Gasteiger partial charge on any atom is -0.0617 e. The first-order valence-corrected chi connectivity index (χ1v) is 27.3. The molecule has 3 aromatic heterocycles. The summed E-state index contributed by atoms with van der Waals surface area (Å²) in [6, 6.07) is 53.1. The van der Waals surface area contributed by atoms with Gasteiger partial charge in [0.1, 0.15) is 0 Å². The van der Waals surface area contributed by atoms with E-state index in [0.29, 0.717) is 17.1 Å². The number of para-hydroxylation sites is 2. The van der Waals surface area contributed by atoms with Crippen LogP contribution in [-0.4, -0.2) is 18.7 Å². The predicted molar refractivity (Wildman–Crippen MR) is 296 cm³/mol. The molecule has 0 aliphatic heterocycles. The number of hydrogen-bond donors (Lipinski definition) is 0. The number of fused-ring (bicyclic) bond motifs is 12. The number of imidazole rings is 1. The summed E-state index contributed by atoms with van der Waals surface area (Å²) in [5, 5.41) is 1.77. The molecule has 0 N–H and O–H groups in total. The summed E-state index contributed by atoms with van der Waals surface area (Å²) in [6.07, 6.45) is 10.7. The Morgan fingerprint density at radius 1 is 0.527 bits per heavy atom. The SMILES string of the molecule is [2H]c1c([2H])c([2H])c(-c2ccc3c(c2)c2ccc(Oc4cccc(-n5[c](=[Pt])n(-c6c7c(cc8c6C6(CCc9ccccc96)CC8)CCC76CCc7ccccc76)c6ccccc65)c4)cc2n3-c2cc(C(C)(C)C)ccn2)c([2H])c1[2H]. The second-order valence-corrected chi connectivity index (χ2v) is 23.2. The Labute approximate surface area is 450 Å². The molecular formula is C68H56N4OPt. The van der Waals surface area contributed by atoms with Crippen molar-refractivity contribution in [3.63, 3.8) is 0 Å². The molecule has 0 amide bonds. The molecule has 4 aliphatic carbocycles. The Hall–Kier alpha value is -7.33. The van der Waals surface area contributed by atoms with Crippen LogP contribution in [0, 0.1) is 3.80 Å². The summed E-state index contributed by atoms with van der Waals surface area (Å²) in [7, 11) is 0. The molecule has 8 aromatic carbocycles. The molecule has 15 rings (SSSR count). The molecule has 4 aliphatic rings. The summed E-state index contributed by atoms with van der Waals surface area (Å²) in [5.41, 5.74) is 20.2. The fourth-order valence-corrected chi connectivity index (χ4v) is 15.2. The quantitative estimate of drug-likeness (QED) is 0.166. The van der Waals surface area contributed by atoms with E-state index in [-0.39, 0.29) is 46.0 Å². The van der Waals surface area contributed by atoms with Gasteiger partial charge in [-0.15, -0.1) is 0 Å². The van der Waals surface area contributed by atoms with Crippen LogP contribution in [0.4, 0.5) is 0 Å². The van der Waals surface area contributed by atoms with Crippen LogP contribution < -0.4 is 4.74 Å². The van der Waals surface area contributed by atoms with Crippen LogP contribution in [0.25, 0.3) is 61.2 Å². The van der Waals surface area contributed by atoms with Gasteiger partial charge in [-0.05, 0) is 28.2 Å². The zero-order valence-electron chi connectivity index (χ0n) is 46.7. The summed E-state index contributed by atoms with van der Waals surface area (Å²) in [6.45, 7) is 6.57. The first kappa shape index (κ1) is 39.2. The Morgan fingerprint density at radius 2 is 1.16 bits per heavy atom.